The van der Waals surface area contributed by atoms with Gasteiger partial charge in [0.15, 0.2) is 5.96 Å². The Hall–Kier alpha value is -3.24. The topological polar surface area (TPSA) is 120 Å². The molecule has 0 radical (unpaired) electrons. The Kier molecular flexibility index (Phi) is 6.48. The Morgan fingerprint density at radius 3 is 2.73 bits per heavy atom. The van der Waals surface area contributed by atoms with Gasteiger partial charge in [0.25, 0.3) is 0 Å². The van der Waals surface area contributed by atoms with Gasteiger partial charge >= 0.3 is 6.18 Å². The predicted octanol–water partition coefficient (Wildman–Crippen LogP) is 2.84. The van der Waals surface area contributed by atoms with E-state index in [9.17, 15) is 18.0 Å². The lowest BCUT2D eigenvalue weighted by atomic mass is 9.86. The molecule has 1 fully saturated rings. The molecule has 6 N–H and O–H groups in total. The second kappa shape index (κ2) is 9.32. The first-order valence-electron chi connectivity index (χ1n) is 11.1. The van der Waals surface area contributed by atoms with Crippen molar-refractivity contribution in [2.45, 2.75) is 51.2 Å². The van der Waals surface area contributed by atoms with Gasteiger partial charge < -0.3 is 26.7 Å². The molecule has 1 saturated carbocycles. The molecular weight excluding hydrogens is 435 g/mol. The summed E-state index contributed by atoms with van der Waals surface area (Å²) in [6, 6.07) is 1.32. The van der Waals surface area contributed by atoms with Crippen LogP contribution in [-0.4, -0.2) is 41.0 Å². The number of carbonyl (C=O) groups is 1. The number of fused-ring (bicyclic) bond motifs is 1. The van der Waals surface area contributed by atoms with Crippen molar-refractivity contribution in [3.8, 4) is 0 Å². The average Bonchev–Trinajstić information content (AvgIpc) is 3.22. The highest BCUT2D eigenvalue weighted by atomic mass is 19.4. The van der Waals surface area contributed by atoms with E-state index in [-0.39, 0.29) is 18.5 Å². The van der Waals surface area contributed by atoms with Crippen LogP contribution in [0.5, 0.6) is 0 Å². The van der Waals surface area contributed by atoms with Gasteiger partial charge in [-0.3, -0.25) is 4.79 Å². The van der Waals surface area contributed by atoms with Gasteiger partial charge in [-0.2, -0.15) is 13.2 Å². The van der Waals surface area contributed by atoms with Crippen molar-refractivity contribution in [1.29, 1.82) is 0 Å². The number of hydrogen-bond acceptors (Lipinski definition) is 6. The van der Waals surface area contributed by atoms with Crippen LogP contribution in [0.4, 0.5) is 13.2 Å². The molecule has 0 bridgehead atoms. The summed E-state index contributed by atoms with van der Waals surface area (Å²) in [5, 5.41) is 9.85. The number of pyridine rings is 1. The summed E-state index contributed by atoms with van der Waals surface area (Å²) >= 11 is 0. The molecule has 0 atom stereocenters. The summed E-state index contributed by atoms with van der Waals surface area (Å²) in [6.07, 6.45) is 2.30. The van der Waals surface area contributed by atoms with Crippen molar-refractivity contribution in [2.75, 3.05) is 13.1 Å². The molecule has 1 amide bonds. The highest BCUT2D eigenvalue weighted by molar-refractivity contribution is 5.98. The number of amides is 1. The fourth-order valence-corrected chi connectivity index (χ4v) is 4.27. The Morgan fingerprint density at radius 2 is 2.03 bits per heavy atom. The van der Waals surface area contributed by atoms with E-state index in [1.165, 1.54) is 0 Å². The Morgan fingerprint density at radius 1 is 1.27 bits per heavy atom. The first-order chi connectivity index (χ1) is 15.7. The van der Waals surface area contributed by atoms with Gasteiger partial charge in [0.1, 0.15) is 5.65 Å². The molecule has 0 unspecified atom stereocenters. The lowest BCUT2D eigenvalue weighted by Crippen LogP contribution is -2.44. The molecule has 1 aliphatic heterocycles. The standard InChI is InChI=1S/C22H28F3N7O/c1-2-18(33)31-14-5-3-12(4-6-14)8-29-21-30-11-17(26)19(32-21)16-10-28-20-15(16)7-13(9-27-20)22(23,24)25/h7,9-10,12,14H,2-6,8,11,26H2,1H3,(H,27,28)(H,31,33)(H2,29,30,32). The van der Waals surface area contributed by atoms with Crippen LogP contribution >= 0.6 is 0 Å². The second-order valence-electron chi connectivity index (χ2n) is 8.53. The number of nitrogens with one attached hydrogen (secondary N) is 4. The number of nitrogens with zero attached hydrogens (tertiary/aromatic N) is 2. The molecule has 2 aromatic rings. The second-order valence-corrected chi connectivity index (χ2v) is 8.53. The molecule has 0 saturated heterocycles. The number of aromatic nitrogens is 2. The zero-order valence-corrected chi connectivity index (χ0v) is 18.4. The van der Waals surface area contributed by atoms with Crippen molar-refractivity contribution < 1.29 is 18.0 Å². The highest BCUT2D eigenvalue weighted by Crippen LogP contribution is 2.33. The van der Waals surface area contributed by atoms with E-state index >= 15 is 0 Å². The molecule has 178 valence electrons. The fourth-order valence-electron chi connectivity index (χ4n) is 4.27. The minimum absolute atomic E-state index is 0.0871. The van der Waals surface area contributed by atoms with Gasteiger partial charge in [-0.25, -0.2) is 9.98 Å². The fraction of sp³-hybridized carbons (Fsp3) is 0.500. The summed E-state index contributed by atoms with van der Waals surface area (Å²) in [6.45, 7) is 2.79. The zero-order valence-electron chi connectivity index (χ0n) is 18.4. The number of aliphatic imine (C=N–C) groups is 1. The highest BCUT2D eigenvalue weighted by Gasteiger charge is 2.32. The molecule has 1 aliphatic carbocycles. The first-order valence-corrected chi connectivity index (χ1v) is 11.1. The number of aromatic amines is 1. The normalized spacial score (nSPS) is 21.5. The van der Waals surface area contributed by atoms with E-state index in [1.54, 1.807) is 6.20 Å². The van der Waals surface area contributed by atoms with Crippen LogP contribution < -0.4 is 21.7 Å². The molecule has 4 rings (SSSR count). The SMILES string of the molecule is CCC(=O)NC1CCC(CNC2=NCC(N)=C(c3c[nH]c4ncc(C(F)(F)F)cc34)N2)CC1. The predicted molar refractivity (Wildman–Crippen MR) is 120 cm³/mol. The lowest BCUT2D eigenvalue weighted by Gasteiger charge is -2.30. The number of alkyl halides is 3. The lowest BCUT2D eigenvalue weighted by molar-refractivity contribution is -0.137. The van der Waals surface area contributed by atoms with Crippen LogP contribution in [0.1, 0.15) is 50.2 Å². The summed E-state index contributed by atoms with van der Waals surface area (Å²) < 4.78 is 39.5. The number of halogens is 3. The van der Waals surface area contributed by atoms with E-state index in [0.29, 0.717) is 52.8 Å². The van der Waals surface area contributed by atoms with Gasteiger partial charge in [-0.1, -0.05) is 6.92 Å². The monoisotopic (exact) mass is 463 g/mol. The smallest absolute Gasteiger partial charge is 0.399 e. The Labute approximate surface area is 189 Å². The number of H-pyrrole nitrogens is 1. The van der Waals surface area contributed by atoms with Crippen LogP contribution in [-0.2, 0) is 11.0 Å². The molecule has 8 nitrogen and oxygen atoms in total. The third-order valence-corrected chi connectivity index (χ3v) is 6.19. The van der Waals surface area contributed by atoms with Crippen LogP contribution in [0.15, 0.2) is 29.1 Å². The number of rotatable bonds is 5. The average molecular weight is 464 g/mol. The van der Waals surface area contributed by atoms with Crippen molar-refractivity contribution in [3.63, 3.8) is 0 Å². The van der Waals surface area contributed by atoms with Crippen molar-refractivity contribution >= 4 is 28.6 Å². The number of nitrogens with two attached hydrogens (primary N) is 1. The summed E-state index contributed by atoms with van der Waals surface area (Å²) in [5.74, 6) is 1.07. The van der Waals surface area contributed by atoms with Gasteiger partial charge in [-0.15, -0.1) is 0 Å². The summed E-state index contributed by atoms with van der Waals surface area (Å²) in [4.78, 5) is 22.8. The largest absolute Gasteiger partial charge is 0.417 e. The van der Waals surface area contributed by atoms with Crippen LogP contribution in [0.25, 0.3) is 16.7 Å². The van der Waals surface area contributed by atoms with Gasteiger partial charge in [0.05, 0.1) is 23.5 Å². The summed E-state index contributed by atoms with van der Waals surface area (Å²) in [5.41, 5.74) is 7.15. The van der Waals surface area contributed by atoms with Gasteiger partial charge in [-0.05, 0) is 37.7 Å². The Balaban J connectivity index is 1.39. The maximum atomic E-state index is 13.2. The third kappa shape index (κ3) is 5.23. The molecule has 0 aromatic carbocycles. The molecule has 2 aromatic heterocycles. The Bertz CT molecular complexity index is 1080. The van der Waals surface area contributed by atoms with Crippen molar-refractivity contribution in [3.05, 3.63) is 35.3 Å². The van der Waals surface area contributed by atoms with E-state index in [2.05, 4.69) is 30.9 Å². The van der Waals surface area contributed by atoms with Crippen LogP contribution in [0.2, 0.25) is 0 Å². The van der Waals surface area contributed by atoms with E-state index in [4.69, 9.17) is 5.73 Å². The van der Waals surface area contributed by atoms with Crippen LogP contribution in [0, 0.1) is 5.92 Å². The molecule has 0 spiro atoms. The van der Waals surface area contributed by atoms with Crippen molar-refractivity contribution in [1.82, 2.24) is 25.9 Å². The quantitative estimate of drug-likeness (QED) is 0.467. The number of guanidine groups is 1. The molecule has 2 aliphatic rings. The third-order valence-electron chi connectivity index (χ3n) is 6.19. The molecular formula is C22H28F3N7O. The maximum Gasteiger partial charge on any atom is 0.417 e. The van der Waals surface area contributed by atoms with E-state index < -0.39 is 11.7 Å². The zero-order chi connectivity index (χ0) is 23.6. The van der Waals surface area contributed by atoms with Gasteiger partial charge in [0.2, 0.25) is 5.91 Å². The molecule has 33 heavy (non-hydrogen) atoms. The molecule has 11 heteroatoms. The minimum Gasteiger partial charge on any atom is -0.399 e. The molecule has 3 heterocycles. The van der Waals surface area contributed by atoms with E-state index in [0.717, 1.165) is 37.9 Å². The van der Waals surface area contributed by atoms with Gasteiger partial charge in [0, 0.05) is 42.4 Å². The number of carbonyl (C=O) groups excluding carboxylic acids is 1. The van der Waals surface area contributed by atoms with Crippen LogP contribution in [0.3, 0.4) is 0 Å². The maximum absolute atomic E-state index is 13.2. The van der Waals surface area contributed by atoms with Crippen molar-refractivity contribution in [2.24, 2.45) is 16.6 Å². The first kappa shape index (κ1) is 22.9. The minimum atomic E-state index is -4.48. The summed E-state index contributed by atoms with van der Waals surface area (Å²) in [7, 11) is 0. The van der Waals surface area contributed by atoms with E-state index in [1.807, 2.05) is 6.92 Å². The number of hydrogen-bond donors (Lipinski definition) is 5.